The molecule has 1 aliphatic heterocycles. The van der Waals surface area contributed by atoms with Crippen molar-refractivity contribution in [2.24, 2.45) is 0 Å². The van der Waals surface area contributed by atoms with Gasteiger partial charge in [-0.15, -0.1) is 0 Å². The number of alkyl halides is 3. The molecule has 1 spiro atoms. The molecular formula is C15H12F3IO4. The van der Waals surface area contributed by atoms with E-state index >= 15 is 0 Å². The van der Waals surface area contributed by atoms with E-state index in [1.165, 1.54) is 12.1 Å². The van der Waals surface area contributed by atoms with Crippen molar-refractivity contribution in [2.75, 3.05) is 0 Å². The number of esters is 2. The first-order valence-electron chi connectivity index (χ1n) is 6.95. The van der Waals surface area contributed by atoms with Crippen molar-refractivity contribution in [1.29, 1.82) is 0 Å². The van der Waals surface area contributed by atoms with E-state index in [1.54, 1.807) is 0 Å². The second-order valence-electron chi connectivity index (χ2n) is 5.31. The number of hydrogen-bond donors (Lipinski definition) is 0. The third kappa shape index (κ3) is 3.41. The number of halogens is 4. The van der Waals surface area contributed by atoms with Crippen LogP contribution >= 0.6 is 20.7 Å². The van der Waals surface area contributed by atoms with Crippen molar-refractivity contribution in [3.8, 4) is 0 Å². The fraction of sp³-hybridized carbons (Fsp3) is 0.400. The van der Waals surface area contributed by atoms with Gasteiger partial charge in [-0.1, -0.05) is 26.8 Å². The highest BCUT2D eigenvalue weighted by Crippen LogP contribution is 2.38. The zero-order valence-electron chi connectivity index (χ0n) is 11.8. The van der Waals surface area contributed by atoms with Crippen LogP contribution in [0.2, 0.25) is 0 Å². The summed E-state index contributed by atoms with van der Waals surface area (Å²) in [7, 11) is 0. The van der Waals surface area contributed by atoms with Crippen LogP contribution in [0.3, 0.4) is 0 Å². The van der Waals surface area contributed by atoms with Crippen molar-refractivity contribution < 1.29 is 32.2 Å². The van der Waals surface area contributed by atoms with Gasteiger partial charge in [-0.05, 0) is 31.0 Å². The number of benzene rings is 1. The topological polar surface area (TPSA) is 52.6 Å². The second-order valence-corrected chi connectivity index (χ2v) is 8.18. The lowest BCUT2D eigenvalue weighted by molar-refractivity contribution is -0.224. The lowest BCUT2D eigenvalue weighted by atomic mass is 10.2. The molecule has 0 N–H and O–H groups in total. The lowest BCUT2D eigenvalue weighted by Crippen LogP contribution is -2.48. The smallest absolute Gasteiger partial charge is 0.416 e. The molecule has 8 heteroatoms. The maximum Gasteiger partial charge on any atom is 0.416 e. The molecule has 3 rings (SSSR count). The molecule has 0 atom stereocenters. The first-order valence-corrected chi connectivity index (χ1v) is 9.11. The van der Waals surface area contributed by atoms with Crippen LogP contribution in [0.15, 0.2) is 24.3 Å². The summed E-state index contributed by atoms with van der Waals surface area (Å²) < 4.78 is 48.9. The van der Waals surface area contributed by atoms with Crippen LogP contribution in [0.25, 0.3) is 0 Å². The van der Waals surface area contributed by atoms with Gasteiger partial charge < -0.3 is 9.47 Å². The molecule has 0 unspecified atom stereocenters. The van der Waals surface area contributed by atoms with E-state index in [-0.39, 0.29) is 3.51 Å². The van der Waals surface area contributed by atoms with Gasteiger partial charge in [-0.2, -0.15) is 13.2 Å². The molecule has 1 heterocycles. The van der Waals surface area contributed by atoms with E-state index in [2.05, 4.69) is 0 Å². The molecule has 124 valence electrons. The highest BCUT2D eigenvalue weighted by molar-refractivity contribution is 14.2. The van der Waals surface area contributed by atoms with E-state index in [9.17, 15) is 22.8 Å². The minimum absolute atomic E-state index is 0.166. The Bertz CT molecular complexity index is 668. The Labute approximate surface area is 139 Å². The lowest BCUT2D eigenvalue weighted by Gasteiger charge is -2.32. The predicted molar refractivity (Wildman–Crippen MR) is 82.6 cm³/mol. The fourth-order valence-corrected chi connectivity index (χ4v) is 4.72. The number of rotatable bonds is 1. The average molecular weight is 440 g/mol. The van der Waals surface area contributed by atoms with E-state index < -0.39 is 50.2 Å². The molecule has 2 aliphatic rings. The molecule has 1 aliphatic carbocycles. The zero-order chi connectivity index (χ0) is 16.7. The standard InChI is InChI=1S/C15H12F3IO4/c16-15(17,18)9-4-3-5-10(8-9)19-11-12(20)22-14(23-13(11)21)6-1-2-7-14/h3-5,8H,1-2,6-7H2. The maximum atomic E-state index is 12.7. The number of hydrogen-bond acceptors (Lipinski definition) is 4. The quantitative estimate of drug-likeness (QED) is 0.497. The minimum atomic E-state index is -4.47. The Morgan fingerprint density at radius 3 is 2.22 bits per heavy atom. The molecule has 0 bridgehead atoms. The molecular weight excluding hydrogens is 428 g/mol. The van der Waals surface area contributed by atoms with Crippen LogP contribution in [0.1, 0.15) is 31.2 Å². The summed E-state index contributed by atoms with van der Waals surface area (Å²) >= 11 is -1.40. The molecule has 1 saturated heterocycles. The molecule has 2 fully saturated rings. The monoisotopic (exact) mass is 440 g/mol. The van der Waals surface area contributed by atoms with Crippen LogP contribution < -0.4 is 0 Å². The van der Waals surface area contributed by atoms with Crippen LogP contribution in [-0.4, -0.2) is 21.2 Å². The molecule has 23 heavy (non-hydrogen) atoms. The summed E-state index contributed by atoms with van der Waals surface area (Å²) in [6.07, 6.45) is -1.91. The van der Waals surface area contributed by atoms with Gasteiger partial charge in [0.15, 0.2) is 3.51 Å². The summed E-state index contributed by atoms with van der Waals surface area (Å²) in [4.78, 5) is 24.2. The molecule has 4 nitrogen and oxygen atoms in total. The summed E-state index contributed by atoms with van der Waals surface area (Å²) in [6.45, 7) is 0. The van der Waals surface area contributed by atoms with Gasteiger partial charge in [0.1, 0.15) is 0 Å². The van der Waals surface area contributed by atoms with Gasteiger partial charge in [0.2, 0.25) is 0 Å². The predicted octanol–water partition coefficient (Wildman–Crippen LogP) is 3.39. The summed E-state index contributed by atoms with van der Waals surface area (Å²) in [5.41, 5.74) is -0.805. The van der Waals surface area contributed by atoms with Gasteiger partial charge in [0, 0.05) is 16.4 Å². The number of carbonyl (C=O) groups is 2. The van der Waals surface area contributed by atoms with Crippen molar-refractivity contribution in [1.82, 2.24) is 0 Å². The van der Waals surface area contributed by atoms with Crippen LogP contribution in [0, 0.1) is 3.57 Å². The van der Waals surface area contributed by atoms with E-state index in [1.807, 2.05) is 0 Å². The average Bonchev–Trinajstić information content (AvgIpc) is 2.90. The first-order chi connectivity index (χ1) is 10.8. The summed E-state index contributed by atoms with van der Waals surface area (Å²) in [5, 5.41) is 0. The van der Waals surface area contributed by atoms with Gasteiger partial charge in [-0.25, -0.2) is 9.59 Å². The van der Waals surface area contributed by atoms with Crippen molar-refractivity contribution in [2.45, 2.75) is 37.6 Å². The normalized spacial score (nSPS) is 20.6. The molecule has 0 aromatic heterocycles. The Morgan fingerprint density at radius 2 is 1.65 bits per heavy atom. The highest BCUT2D eigenvalue weighted by Gasteiger charge is 2.48. The Hall–Kier alpha value is -1.45. The van der Waals surface area contributed by atoms with E-state index in [4.69, 9.17) is 9.47 Å². The van der Waals surface area contributed by atoms with Gasteiger partial charge >= 0.3 is 18.1 Å². The van der Waals surface area contributed by atoms with E-state index in [0.29, 0.717) is 16.4 Å². The first kappa shape index (κ1) is 16.4. The SMILES string of the molecule is O=C1OC2(CCCC2)OC(=O)C1=Ic1cccc(C(F)(F)F)c1. The van der Waals surface area contributed by atoms with E-state index in [0.717, 1.165) is 25.0 Å². The third-order valence-corrected chi connectivity index (χ3v) is 6.35. The van der Waals surface area contributed by atoms with Crippen LogP contribution in [-0.2, 0) is 25.2 Å². The Balaban J connectivity index is 1.88. The minimum Gasteiger partial charge on any atom is -0.418 e. The fourth-order valence-electron chi connectivity index (χ4n) is 2.56. The molecule has 1 aromatic carbocycles. The highest BCUT2D eigenvalue weighted by atomic mass is 127. The Morgan fingerprint density at radius 1 is 1.04 bits per heavy atom. The third-order valence-electron chi connectivity index (χ3n) is 3.64. The molecule has 0 amide bonds. The largest absolute Gasteiger partial charge is 0.418 e. The second kappa shape index (κ2) is 5.88. The van der Waals surface area contributed by atoms with Crippen molar-refractivity contribution in [3.05, 3.63) is 33.4 Å². The summed E-state index contributed by atoms with van der Waals surface area (Å²) in [5.74, 6) is -2.67. The van der Waals surface area contributed by atoms with Crippen LogP contribution in [0.4, 0.5) is 13.2 Å². The summed E-state index contributed by atoms with van der Waals surface area (Å²) in [6, 6.07) is 4.64. The van der Waals surface area contributed by atoms with Gasteiger partial charge in [-0.3, -0.25) is 0 Å². The van der Waals surface area contributed by atoms with Gasteiger partial charge in [0.25, 0.3) is 5.79 Å². The molecule has 0 radical (unpaired) electrons. The maximum absolute atomic E-state index is 12.7. The van der Waals surface area contributed by atoms with Crippen LogP contribution in [0.5, 0.6) is 0 Å². The molecule has 1 saturated carbocycles. The van der Waals surface area contributed by atoms with Gasteiger partial charge in [0.05, 0.1) is 5.56 Å². The van der Waals surface area contributed by atoms with Crippen molar-refractivity contribution in [3.63, 3.8) is 0 Å². The Kier molecular flexibility index (Phi) is 4.19. The number of ether oxygens (including phenoxy) is 2. The molecule has 1 aromatic rings. The van der Waals surface area contributed by atoms with Crippen molar-refractivity contribution >= 4 is 36.2 Å². The number of carbonyl (C=O) groups excluding carboxylic acids is 2. The zero-order valence-corrected chi connectivity index (χ0v) is 13.9.